The number of aryl methyl sites for hydroxylation is 1. The summed E-state index contributed by atoms with van der Waals surface area (Å²) in [6.07, 6.45) is 6.65. The van der Waals surface area contributed by atoms with Gasteiger partial charge in [-0.2, -0.15) is 5.10 Å². The van der Waals surface area contributed by atoms with E-state index in [0.717, 1.165) is 32.2 Å². The Kier molecular flexibility index (Phi) is 4.14. The first-order chi connectivity index (χ1) is 8.63. The zero-order valence-electron chi connectivity index (χ0n) is 11.1. The number of aromatic nitrogens is 2. The highest BCUT2D eigenvalue weighted by atomic mass is 16.5. The Morgan fingerprint density at radius 3 is 2.83 bits per heavy atom. The van der Waals surface area contributed by atoms with Crippen LogP contribution in [0.25, 0.3) is 0 Å². The molecule has 0 aromatic carbocycles. The molecule has 0 unspecified atom stereocenters. The standard InChI is InChI=1S/C13H21N3O2/c1-15(8-12-7-14-16(2)9-12)10-13(11-17)3-5-18-6-4-13/h7,9,11H,3-6,8,10H2,1-2H3. The number of carbonyl (C=O) groups is 1. The average Bonchev–Trinajstić information content (AvgIpc) is 2.75. The first-order valence-corrected chi connectivity index (χ1v) is 6.34. The molecule has 5 heteroatoms. The molecule has 1 aromatic rings. The fourth-order valence-electron chi connectivity index (χ4n) is 2.55. The van der Waals surface area contributed by atoms with Crippen molar-refractivity contribution in [1.82, 2.24) is 14.7 Å². The molecule has 0 radical (unpaired) electrons. The monoisotopic (exact) mass is 251 g/mol. The van der Waals surface area contributed by atoms with Crippen LogP contribution in [0, 0.1) is 5.41 Å². The maximum atomic E-state index is 11.4. The lowest BCUT2D eigenvalue weighted by atomic mass is 9.81. The van der Waals surface area contributed by atoms with Crippen LogP contribution in [0.4, 0.5) is 0 Å². The summed E-state index contributed by atoms with van der Waals surface area (Å²) in [6, 6.07) is 0. The predicted octanol–water partition coefficient (Wildman–Crippen LogP) is 0.848. The van der Waals surface area contributed by atoms with Crippen LogP contribution in [0.15, 0.2) is 12.4 Å². The van der Waals surface area contributed by atoms with E-state index < -0.39 is 0 Å². The zero-order valence-corrected chi connectivity index (χ0v) is 11.1. The van der Waals surface area contributed by atoms with E-state index in [-0.39, 0.29) is 5.41 Å². The van der Waals surface area contributed by atoms with Crippen molar-refractivity contribution in [2.45, 2.75) is 19.4 Å². The number of hydrogen-bond acceptors (Lipinski definition) is 4. The summed E-state index contributed by atoms with van der Waals surface area (Å²) in [7, 11) is 3.96. The zero-order chi connectivity index (χ0) is 13.0. The molecule has 2 rings (SSSR count). The molecule has 1 aliphatic heterocycles. The summed E-state index contributed by atoms with van der Waals surface area (Å²) in [6.45, 7) is 3.00. The van der Waals surface area contributed by atoms with Gasteiger partial charge < -0.3 is 14.4 Å². The Labute approximate surface area is 108 Å². The predicted molar refractivity (Wildman–Crippen MR) is 68.1 cm³/mol. The second kappa shape index (κ2) is 5.63. The second-order valence-electron chi connectivity index (χ2n) is 5.29. The molecule has 0 spiro atoms. The van der Waals surface area contributed by atoms with Gasteiger partial charge in [0.05, 0.1) is 6.20 Å². The van der Waals surface area contributed by atoms with Crippen molar-refractivity contribution in [3.05, 3.63) is 18.0 Å². The van der Waals surface area contributed by atoms with Crippen molar-refractivity contribution in [3.63, 3.8) is 0 Å². The molecule has 0 N–H and O–H groups in total. The molecule has 0 bridgehead atoms. The third kappa shape index (κ3) is 3.17. The van der Waals surface area contributed by atoms with Crippen LogP contribution in [0.5, 0.6) is 0 Å². The van der Waals surface area contributed by atoms with E-state index in [1.165, 1.54) is 5.56 Å². The van der Waals surface area contributed by atoms with Crippen LogP contribution in [-0.2, 0) is 23.1 Å². The van der Waals surface area contributed by atoms with Crippen molar-refractivity contribution >= 4 is 6.29 Å². The van der Waals surface area contributed by atoms with Crippen LogP contribution >= 0.6 is 0 Å². The maximum absolute atomic E-state index is 11.4. The fourth-order valence-corrected chi connectivity index (χ4v) is 2.55. The Balaban J connectivity index is 1.92. The lowest BCUT2D eigenvalue weighted by Gasteiger charge is -2.35. The number of carbonyl (C=O) groups excluding carboxylic acids is 1. The molecule has 0 aliphatic carbocycles. The van der Waals surface area contributed by atoms with E-state index in [2.05, 4.69) is 10.00 Å². The highest BCUT2D eigenvalue weighted by Crippen LogP contribution is 2.29. The summed E-state index contributed by atoms with van der Waals surface area (Å²) in [4.78, 5) is 13.6. The number of rotatable bonds is 5. The van der Waals surface area contributed by atoms with Gasteiger partial charge in [0.15, 0.2) is 0 Å². The normalized spacial score (nSPS) is 19.1. The van der Waals surface area contributed by atoms with E-state index in [0.29, 0.717) is 13.2 Å². The van der Waals surface area contributed by atoms with Crippen molar-refractivity contribution in [2.75, 3.05) is 26.8 Å². The number of hydrogen-bond donors (Lipinski definition) is 0. The van der Waals surface area contributed by atoms with E-state index in [4.69, 9.17) is 4.74 Å². The van der Waals surface area contributed by atoms with Crippen LogP contribution in [0.2, 0.25) is 0 Å². The van der Waals surface area contributed by atoms with Crippen molar-refractivity contribution in [2.24, 2.45) is 12.5 Å². The third-order valence-corrected chi connectivity index (χ3v) is 3.53. The molecule has 1 aliphatic rings. The summed E-state index contributed by atoms with van der Waals surface area (Å²) < 4.78 is 7.14. The maximum Gasteiger partial charge on any atom is 0.127 e. The number of aldehydes is 1. The highest BCUT2D eigenvalue weighted by Gasteiger charge is 2.33. The van der Waals surface area contributed by atoms with Crippen molar-refractivity contribution in [1.29, 1.82) is 0 Å². The molecule has 1 aromatic heterocycles. The largest absolute Gasteiger partial charge is 0.381 e. The van der Waals surface area contributed by atoms with Crippen LogP contribution in [0.3, 0.4) is 0 Å². The van der Waals surface area contributed by atoms with E-state index in [9.17, 15) is 4.79 Å². The van der Waals surface area contributed by atoms with Gasteiger partial charge in [0.1, 0.15) is 6.29 Å². The molecule has 0 amide bonds. The minimum absolute atomic E-state index is 0.227. The van der Waals surface area contributed by atoms with E-state index in [1.807, 2.05) is 26.5 Å². The van der Waals surface area contributed by atoms with E-state index >= 15 is 0 Å². The van der Waals surface area contributed by atoms with Gasteiger partial charge in [-0.1, -0.05) is 0 Å². The molecule has 1 fully saturated rings. The average molecular weight is 251 g/mol. The molecule has 2 heterocycles. The van der Waals surface area contributed by atoms with Gasteiger partial charge >= 0.3 is 0 Å². The Morgan fingerprint density at radius 1 is 1.56 bits per heavy atom. The summed E-state index contributed by atoms with van der Waals surface area (Å²) in [5, 5.41) is 4.15. The summed E-state index contributed by atoms with van der Waals surface area (Å²) in [5.74, 6) is 0. The summed E-state index contributed by atoms with van der Waals surface area (Å²) in [5.41, 5.74) is 0.947. The minimum atomic E-state index is -0.227. The second-order valence-corrected chi connectivity index (χ2v) is 5.29. The van der Waals surface area contributed by atoms with Gasteiger partial charge in [0.2, 0.25) is 0 Å². The van der Waals surface area contributed by atoms with Crippen LogP contribution in [0.1, 0.15) is 18.4 Å². The summed E-state index contributed by atoms with van der Waals surface area (Å²) >= 11 is 0. The Hall–Kier alpha value is -1.20. The highest BCUT2D eigenvalue weighted by molar-refractivity contribution is 5.60. The first kappa shape index (κ1) is 13.2. The lowest BCUT2D eigenvalue weighted by molar-refractivity contribution is -0.122. The van der Waals surface area contributed by atoms with Crippen molar-refractivity contribution < 1.29 is 9.53 Å². The van der Waals surface area contributed by atoms with Gasteiger partial charge in [-0.3, -0.25) is 4.68 Å². The molecule has 1 saturated heterocycles. The van der Waals surface area contributed by atoms with Gasteiger partial charge in [0.25, 0.3) is 0 Å². The first-order valence-electron chi connectivity index (χ1n) is 6.34. The van der Waals surface area contributed by atoms with Gasteiger partial charge in [-0.15, -0.1) is 0 Å². The number of ether oxygens (including phenoxy) is 1. The Bertz CT molecular complexity index is 397. The topological polar surface area (TPSA) is 47.4 Å². The minimum Gasteiger partial charge on any atom is -0.381 e. The van der Waals surface area contributed by atoms with Gasteiger partial charge in [-0.25, -0.2) is 0 Å². The molecule has 0 saturated carbocycles. The molecule has 5 nitrogen and oxygen atoms in total. The molecular weight excluding hydrogens is 230 g/mol. The quantitative estimate of drug-likeness (QED) is 0.728. The third-order valence-electron chi connectivity index (χ3n) is 3.53. The smallest absolute Gasteiger partial charge is 0.127 e. The van der Waals surface area contributed by atoms with Gasteiger partial charge in [0, 0.05) is 50.5 Å². The van der Waals surface area contributed by atoms with Crippen molar-refractivity contribution in [3.8, 4) is 0 Å². The van der Waals surface area contributed by atoms with Gasteiger partial charge in [-0.05, 0) is 19.9 Å². The Morgan fingerprint density at radius 2 is 2.28 bits per heavy atom. The molecule has 0 atom stereocenters. The molecule has 18 heavy (non-hydrogen) atoms. The van der Waals surface area contributed by atoms with Crippen LogP contribution < -0.4 is 0 Å². The van der Waals surface area contributed by atoms with E-state index in [1.54, 1.807) is 4.68 Å². The lowest BCUT2D eigenvalue weighted by Crippen LogP contribution is -2.41. The number of nitrogens with zero attached hydrogens (tertiary/aromatic N) is 3. The SMILES string of the molecule is CN(Cc1cnn(C)c1)CC1(C=O)CCOCC1. The molecular formula is C13H21N3O2. The fraction of sp³-hybridized carbons (Fsp3) is 0.692. The van der Waals surface area contributed by atoms with Crippen LogP contribution in [-0.4, -0.2) is 47.8 Å². The molecule has 100 valence electrons.